The van der Waals surface area contributed by atoms with E-state index < -0.39 is 0 Å². The van der Waals surface area contributed by atoms with Crippen LogP contribution in [0.4, 0.5) is 0 Å². The van der Waals surface area contributed by atoms with Crippen molar-refractivity contribution in [3.05, 3.63) is 48.0 Å². The van der Waals surface area contributed by atoms with Gasteiger partial charge in [-0.25, -0.2) is 0 Å². The van der Waals surface area contributed by atoms with E-state index in [-0.39, 0.29) is 11.8 Å². The quantitative estimate of drug-likeness (QED) is 0.839. The zero-order valence-electron chi connectivity index (χ0n) is 12.0. The van der Waals surface area contributed by atoms with Crippen molar-refractivity contribution in [2.24, 2.45) is 0 Å². The second kappa shape index (κ2) is 5.76. The highest BCUT2D eigenvalue weighted by molar-refractivity contribution is 5.87. The summed E-state index contributed by atoms with van der Waals surface area (Å²) in [7, 11) is 0. The van der Waals surface area contributed by atoms with E-state index in [9.17, 15) is 4.79 Å². The third kappa shape index (κ3) is 2.61. The molecule has 1 unspecified atom stereocenters. The van der Waals surface area contributed by atoms with Crippen LogP contribution in [0.1, 0.15) is 37.8 Å². The van der Waals surface area contributed by atoms with Crippen LogP contribution in [0, 0.1) is 0 Å². The minimum Gasteiger partial charge on any atom is -0.298 e. The predicted molar refractivity (Wildman–Crippen MR) is 82.8 cm³/mol. The summed E-state index contributed by atoms with van der Waals surface area (Å²) < 4.78 is 0. The molecule has 2 nitrogen and oxygen atoms in total. The first-order chi connectivity index (χ1) is 9.75. The van der Waals surface area contributed by atoms with E-state index >= 15 is 0 Å². The van der Waals surface area contributed by atoms with Gasteiger partial charge in [-0.05, 0) is 55.3 Å². The Morgan fingerprint density at radius 3 is 2.40 bits per heavy atom. The van der Waals surface area contributed by atoms with E-state index in [1.165, 1.54) is 30.0 Å². The SMILES string of the molecule is CC(=O)C(c1ccc2ccccc2c1)N1CCCCC1. The number of hydrogen-bond acceptors (Lipinski definition) is 2. The summed E-state index contributed by atoms with van der Waals surface area (Å²) in [6.07, 6.45) is 3.70. The number of likely N-dealkylation sites (tertiary alicyclic amines) is 1. The Kier molecular flexibility index (Phi) is 3.83. The molecule has 0 spiro atoms. The number of fused-ring (bicyclic) bond motifs is 1. The number of Topliss-reactive ketones (excluding diaryl/α,β-unsaturated/α-hetero) is 1. The molecule has 0 aliphatic carbocycles. The summed E-state index contributed by atoms with van der Waals surface area (Å²) in [5.74, 6) is 0.252. The summed E-state index contributed by atoms with van der Waals surface area (Å²) in [5.41, 5.74) is 1.14. The molecule has 0 amide bonds. The summed E-state index contributed by atoms with van der Waals surface area (Å²) in [6, 6.07) is 14.7. The molecule has 20 heavy (non-hydrogen) atoms. The number of piperidine rings is 1. The number of nitrogens with zero attached hydrogens (tertiary/aromatic N) is 1. The molecule has 0 saturated carbocycles. The molecule has 1 atom stereocenters. The lowest BCUT2D eigenvalue weighted by Gasteiger charge is -2.33. The fourth-order valence-corrected chi connectivity index (χ4v) is 3.26. The Morgan fingerprint density at radius 2 is 1.70 bits per heavy atom. The average Bonchev–Trinajstić information content (AvgIpc) is 2.48. The van der Waals surface area contributed by atoms with Crippen molar-refractivity contribution in [2.75, 3.05) is 13.1 Å². The van der Waals surface area contributed by atoms with Crippen LogP contribution in [0.25, 0.3) is 10.8 Å². The number of rotatable bonds is 3. The van der Waals surface area contributed by atoms with Crippen LogP contribution in [0.2, 0.25) is 0 Å². The number of ketones is 1. The Morgan fingerprint density at radius 1 is 1.00 bits per heavy atom. The molecule has 0 bridgehead atoms. The third-order valence-corrected chi connectivity index (χ3v) is 4.23. The topological polar surface area (TPSA) is 20.3 Å². The van der Waals surface area contributed by atoms with Crippen LogP contribution in [-0.2, 0) is 4.79 Å². The summed E-state index contributed by atoms with van der Waals surface area (Å²) >= 11 is 0. The molecule has 2 heteroatoms. The molecule has 2 aromatic rings. The van der Waals surface area contributed by atoms with E-state index in [2.05, 4.69) is 47.4 Å². The number of benzene rings is 2. The van der Waals surface area contributed by atoms with Crippen molar-refractivity contribution < 1.29 is 4.79 Å². The fraction of sp³-hybridized carbons (Fsp3) is 0.389. The molecule has 2 aromatic carbocycles. The lowest BCUT2D eigenvalue weighted by atomic mass is 9.96. The van der Waals surface area contributed by atoms with Crippen molar-refractivity contribution in [1.29, 1.82) is 0 Å². The molecule has 1 aliphatic rings. The van der Waals surface area contributed by atoms with Gasteiger partial charge in [-0.3, -0.25) is 9.69 Å². The van der Waals surface area contributed by atoms with Crippen molar-refractivity contribution in [2.45, 2.75) is 32.2 Å². The second-order valence-electron chi connectivity index (χ2n) is 5.72. The molecule has 0 aromatic heterocycles. The van der Waals surface area contributed by atoms with E-state index in [1.807, 2.05) is 0 Å². The molecule has 1 aliphatic heterocycles. The van der Waals surface area contributed by atoms with Gasteiger partial charge in [-0.15, -0.1) is 0 Å². The lowest BCUT2D eigenvalue weighted by Crippen LogP contribution is -2.37. The van der Waals surface area contributed by atoms with Crippen molar-refractivity contribution in [3.8, 4) is 0 Å². The third-order valence-electron chi connectivity index (χ3n) is 4.23. The van der Waals surface area contributed by atoms with Crippen LogP contribution in [0.3, 0.4) is 0 Å². The van der Waals surface area contributed by atoms with E-state index in [0.29, 0.717) is 0 Å². The van der Waals surface area contributed by atoms with Crippen LogP contribution >= 0.6 is 0 Å². The summed E-state index contributed by atoms with van der Waals surface area (Å²) in [4.78, 5) is 14.5. The predicted octanol–water partition coefficient (Wildman–Crippen LogP) is 3.96. The van der Waals surface area contributed by atoms with Gasteiger partial charge in [0.1, 0.15) is 0 Å². The zero-order valence-corrected chi connectivity index (χ0v) is 12.0. The molecule has 1 fully saturated rings. The molecule has 3 rings (SSSR count). The van der Waals surface area contributed by atoms with Gasteiger partial charge in [-0.2, -0.15) is 0 Å². The molecule has 104 valence electrons. The van der Waals surface area contributed by atoms with E-state index in [1.54, 1.807) is 6.92 Å². The van der Waals surface area contributed by atoms with Crippen LogP contribution < -0.4 is 0 Å². The van der Waals surface area contributed by atoms with Gasteiger partial charge in [-0.1, -0.05) is 42.8 Å². The van der Waals surface area contributed by atoms with Gasteiger partial charge in [0.05, 0.1) is 6.04 Å². The maximum Gasteiger partial charge on any atom is 0.151 e. The highest BCUT2D eigenvalue weighted by Crippen LogP contribution is 2.28. The van der Waals surface area contributed by atoms with Crippen molar-refractivity contribution >= 4 is 16.6 Å². The highest BCUT2D eigenvalue weighted by atomic mass is 16.1. The van der Waals surface area contributed by atoms with Gasteiger partial charge in [0.25, 0.3) is 0 Å². The largest absolute Gasteiger partial charge is 0.298 e. The van der Waals surface area contributed by atoms with E-state index in [4.69, 9.17) is 0 Å². The minimum absolute atomic E-state index is 0.0695. The Bertz CT molecular complexity index is 614. The van der Waals surface area contributed by atoms with Gasteiger partial charge >= 0.3 is 0 Å². The van der Waals surface area contributed by atoms with Crippen LogP contribution in [0.5, 0.6) is 0 Å². The van der Waals surface area contributed by atoms with Crippen LogP contribution in [-0.4, -0.2) is 23.8 Å². The molecule has 1 heterocycles. The lowest BCUT2D eigenvalue weighted by molar-refractivity contribution is -0.122. The first-order valence-corrected chi connectivity index (χ1v) is 7.49. The Labute approximate surface area is 120 Å². The first-order valence-electron chi connectivity index (χ1n) is 7.49. The molecular weight excluding hydrogens is 246 g/mol. The summed E-state index contributed by atoms with van der Waals surface area (Å²) in [5, 5.41) is 2.45. The Hall–Kier alpha value is -1.67. The molecule has 0 radical (unpaired) electrons. The Balaban J connectivity index is 1.98. The van der Waals surface area contributed by atoms with Gasteiger partial charge in [0.2, 0.25) is 0 Å². The van der Waals surface area contributed by atoms with Crippen molar-refractivity contribution in [3.63, 3.8) is 0 Å². The van der Waals surface area contributed by atoms with Gasteiger partial charge < -0.3 is 0 Å². The zero-order chi connectivity index (χ0) is 13.9. The standard InChI is InChI=1S/C18H21NO/c1-14(20)18(19-11-5-2-6-12-19)17-10-9-15-7-3-4-8-16(15)13-17/h3-4,7-10,13,18H,2,5-6,11-12H2,1H3. The molecule has 1 saturated heterocycles. The maximum atomic E-state index is 12.1. The number of carbonyl (C=O) groups is 1. The first kappa shape index (κ1) is 13.3. The van der Waals surface area contributed by atoms with Gasteiger partial charge in [0, 0.05) is 0 Å². The number of carbonyl (C=O) groups excluding carboxylic acids is 1. The highest BCUT2D eigenvalue weighted by Gasteiger charge is 2.25. The molecule has 0 N–H and O–H groups in total. The number of hydrogen-bond donors (Lipinski definition) is 0. The second-order valence-corrected chi connectivity index (χ2v) is 5.72. The minimum atomic E-state index is -0.0695. The van der Waals surface area contributed by atoms with Gasteiger partial charge in [0.15, 0.2) is 5.78 Å². The van der Waals surface area contributed by atoms with Crippen LogP contribution in [0.15, 0.2) is 42.5 Å². The maximum absolute atomic E-state index is 12.1. The van der Waals surface area contributed by atoms with E-state index in [0.717, 1.165) is 18.7 Å². The normalized spacial score (nSPS) is 18.1. The summed E-state index contributed by atoms with van der Waals surface area (Å²) in [6.45, 7) is 3.79. The van der Waals surface area contributed by atoms with Crippen molar-refractivity contribution in [1.82, 2.24) is 4.90 Å². The smallest absolute Gasteiger partial charge is 0.151 e. The molecular formula is C18H21NO. The monoisotopic (exact) mass is 267 g/mol. The average molecular weight is 267 g/mol. The fourth-order valence-electron chi connectivity index (χ4n) is 3.26.